The van der Waals surface area contributed by atoms with Crippen LogP contribution in [-0.2, 0) is 9.53 Å². The molecule has 1 N–H and O–H groups in total. The van der Waals surface area contributed by atoms with Crippen molar-refractivity contribution in [1.29, 1.82) is 0 Å². The van der Waals surface area contributed by atoms with Crippen LogP contribution in [0.25, 0.3) is 0 Å². The van der Waals surface area contributed by atoms with Crippen LogP contribution in [-0.4, -0.2) is 24.3 Å². The first-order valence-corrected chi connectivity index (χ1v) is 3.72. The van der Waals surface area contributed by atoms with E-state index in [9.17, 15) is 4.79 Å². The third kappa shape index (κ3) is 7.33. The second-order valence-corrected chi connectivity index (χ2v) is 3.68. The van der Waals surface area contributed by atoms with Crippen LogP contribution in [0.1, 0.15) is 27.2 Å². The van der Waals surface area contributed by atoms with E-state index in [1.807, 2.05) is 20.8 Å². The molecule has 3 nitrogen and oxygen atoms in total. The SMILES string of the molecule is CC(C)(C)CC(=O)OCCO. The van der Waals surface area contributed by atoms with Gasteiger partial charge in [-0.2, -0.15) is 0 Å². The molecule has 0 spiro atoms. The van der Waals surface area contributed by atoms with Crippen LogP contribution >= 0.6 is 0 Å². The number of carbonyl (C=O) groups excluding carboxylic acids is 1. The molecule has 0 aliphatic carbocycles. The van der Waals surface area contributed by atoms with Gasteiger partial charge in [-0.3, -0.25) is 4.79 Å². The van der Waals surface area contributed by atoms with Gasteiger partial charge in [-0.1, -0.05) is 20.8 Å². The zero-order valence-electron chi connectivity index (χ0n) is 7.39. The van der Waals surface area contributed by atoms with E-state index >= 15 is 0 Å². The molecule has 0 amide bonds. The average Bonchev–Trinajstić information content (AvgIpc) is 1.79. The molecule has 0 heterocycles. The number of carbonyl (C=O) groups is 1. The highest BCUT2D eigenvalue weighted by Gasteiger charge is 2.16. The largest absolute Gasteiger partial charge is 0.463 e. The lowest BCUT2D eigenvalue weighted by Crippen LogP contribution is -2.16. The molecule has 0 unspecified atom stereocenters. The van der Waals surface area contributed by atoms with E-state index in [1.165, 1.54) is 0 Å². The summed E-state index contributed by atoms with van der Waals surface area (Å²) in [5.41, 5.74) is -0.0352. The fourth-order valence-electron chi connectivity index (χ4n) is 0.644. The first kappa shape index (κ1) is 10.4. The van der Waals surface area contributed by atoms with Crippen molar-refractivity contribution >= 4 is 5.97 Å². The summed E-state index contributed by atoms with van der Waals surface area (Å²) in [6.45, 7) is 5.90. The number of ether oxygens (including phenoxy) is 1. The van der Waals surface area contributed by atoms with Crippen molar-refractivity contribution in [3.63, 3.8) is 0 Å². The smallest absolute Gasteiger partial charge is 0.306 e. The van der Waals surface area contributed by atoms with Crippen LogP contribution in [0.15, 0.2) is 0 Å². The molecule has 0 rings (SSSR count). The van der Waals surface area contributed by atoms with Crippen molar-refractivity contribution in [2.45, 2.75) is 27.2 Å². The highest BCUT2D eigenvalue weighted by Crippen LogP contribution is 2.18. The number of aliphatic hydroxyl groups excluding tert-OH is 1. The Labute approximate surface area is 67.4 Å². The molecule has 0 aromatic heterocycles. The van der Waals surface area contributed by atoms with Crippen molar-refractivity contribution in [3.8, 4) is 0 Å². The lowest BCUT2D eigenvalue weighted by molar-refractivity contribution is -0.146. The maximum absolute atomic E-state index is 10.9. The van der Waals surface area contributed by atoms with E-state index in [0.29, 0.717) is 6.42 Å². The Morgan fingerprint density at radius 3 is 2.36 bits per heavy atom. The zero-order valence-corrected chi connectivity index (χ0v) is 7.39. The van der Waals surface area contributed by atoms with E-state index in [2.05, 4.69) is 4.74 Å². The molecule has 0 bridgehead atoms. The fourth-order valence-corrected chi connectivity index (χ4v) is 0.644. The second-order valence-electron chi connectivity index (χ2n) is 3.68. The maximum Gasteiger partial charge on any atom is 0.306 e. The van der Waals surface area contributed by atoms with Crippen LogP contribution < -0.4 is 0 Å². The third-order valence-corrected chi connectivity index (χ3v) is 1.03. The van der Waals surface area contributed by atoms with Gasteiger partial charge >= 0.3 is 5.97 Å². The number of rotatable bonds is 3. The molecular formula is C8H16O3. The highest BCUT2D eigenvalue weighted by molar-refractivity contribution is 5.70. The Hall–Kier alpha value is -0.570. The Morgan fingerprint density at radius 2 is 2.00 bits per heavy atom. The summed E-state index contributed by atoms with van der Waals surface area (Å²) in [7, 11) is 0. The minimum Gasteiger partial charge on any atom is -0.463 e. The molecule has 0 aliphatic rings. The topological polar surface area (TPSA) is 46.5 Å². The molecule has 0 saturated carbocycles. The zero-order chi connectivity index (χ0) is 8.91. The Bertz CT molecular complexity index is 124. The lowest BCUT2D eigenvalue weighted by Gasteiger charge is -2.16. The van der Waals surface area contributed by atoms with Crippen LogP contribution in [0.5, 0.6) is 0 Å². The Balaban J connectivity index is 3.53. The average molecular weight is 160 g/mol. The third-order valence-electron chi connectivity index (χ3n) is 1.03. The quantitative estimate of drug-likeness (QED) is 0.625. The summed E-state index contributed by atoms with van der Waals surface area (Å²) in [4.78, 5) is 10.9. The molecule has 66 valence electrons. The van der Waals surface area contributed by atoms with Crippen LogP contribution in [0, 0.1) is 5.41 Å². The molecular weight excluding hydrogens is 144 g/mol. The molecule has 0 saturated heterocycles. The standard InChI is InChI=1S/C8H16O3/c1-8(2,3)6-7(10)11-5-4-9/h9H,4-6H2,1-3H3. The Kier molecular flexibility index (Phi) is 4.11. The normalized spacial score (nSPS) is 11.3. The monoisotopic (exact) mass is 160 g/mol. The first-order valence-electron chi connectivity index (χ1n) is 3.72. The van der Waals surface area contributed by atoms with Crippen LogP contribution in [0.2, 0.25) is 0 Å². The van der Waals surface area contributed by atoms with Crippen molar-refractivity contribution in [2.24, 2.45) is 5.41 Å². The summed E-state index contributed by atoms with van der Waals surface area (Å²) in [5, 5.41) is 8.34. The molecule has 0 aromatic rings. The molecule has 0 atom stereocenters. The van der Waals surface area contributed by atoms with Gasteiger partial charge in [0.2, 0.25) is 0 Å². The van der Waals surface area contributed by atoms with Gasteiger partial charge in [0.1, 0.15) is 6.61 Å². The molecule has 3 heteroatoms. The van der Waals surface area contributed by atoms with Gasteiger partial charge in [0.15, 0.2) is 0 Å². The van der Waals surface area contributed by atoms with E-state index < -0.39 is 0 Å². The summed E-state index contributed by atoms with van der Waals surface area (Å²) in [5.74, 6) is -0.244. The summed E-state index contributed by atoms with van der Waals surface area (Å²) in [6, 6.07) is 0. The highest BCUT2D eigenvalue weighted by atomic mass is 16.5. The number of esters is 1. The lowest BCUT2D eigenvalue weighted by atomic mass is 9.93. The van der Waals surface area contributed by atoms with Crippen molar-refractivity contribution in [1.82, 2.24) is 0 Å². The van der Waals surface area contributed by atoms with Gasteiger partial charge in [-0.05, 0) is 5.41 Å². The summed E-state index contributed by atoms with van der Waals surface area (Å²) >= 11 is 0. The van der Waals surface area contributed by atoms with Gasteiger partial charge in [0, 0.05) is 0 Å². The fraction of sp³-hybridized carbons (Fsp3) is 0.875. The van der Waals surface area contributed by atoms with E-state index in [-0.39, 0.29) is 24.6 Å². The summed E-state index contributed by atoms with van der Waals surface area (Å²) in [6.07, 6.45) is 0.396. The Morgan fingerprint density at radius 1 is 1.45 bits per heavy atom. The first-order chi connectivity index (χ1) is 4.95. The number of aliphatic hydroxyl groups is 1. The van der Waals surface area contributed by atoms with E-state index in [4.69, 9.17) is 5.11 Å². The number of hydrogen-bond donors (Lipinski definition) is 1. The molecule has 0 radical (unpaired) electrons. The van der Waals surface area contributed by atoms with Gasteiger partial charge < -0.3 is 9.84 Å². The van der Waals surface area contributed by atoms with Crippen molar-refractivity contribution < 1.29 is 14.6 Å². The van der Waals surface area contributed by atoms with Crippen molar-refractivity contribution in [2.75, 3.05) is 13.2 Å². The van der Waals surface area contributed by atoms with Gasteiger partial charge in [-0.15, -0.1) is 0 Å². The minimum atomic E-state index is -0.244. The maximum atomic E-state index is 10.9. The predicted octanol–water partition coefficient (Wildman–Crippen LogP) is 0.958. The van der Waals surface area contributed by atoms with E-state index in [0.717, 1.165) is 0 Å². The van der Waals surface area contributed by atoms with Crippen LogP contribution in [0.4, 0.5) is 0 Å². The molecule has 0 aromatic carbocycles. The molecule has 11 heavy (non-hydrogen) atoms. The summed E-state index contributed by atoms with van der Waals surface area (Å²) < 4.78 is 4.68. The minimum absolute atomic E-state index is 0.0352. The van der Waals surface area contributed by atoms with Crippen LogP contribution in [0.3, 0.4) is 0 Å². The van der Waals surface area contributed by atoms with Crippen molar-refractivity contribution in [3.05, 3.63) is 0 Å². The molecule has 0 fully saturated rings. The van der Waals surface area contributed by atoms with Gasteiger partial charge in [-0.25, -0.2) is 0 Å². The van der Waals surface area contributed by atoms with Gasteiger partial charge in [0.25, 0.3) is 0 Å². The number of hydrogen-bond acceptors (Lipinski definition) is 3. The second kappa shape index (κ2) is 4.34. The van der Waals surface area contributed by atoms with Gasteiger partial charge in [0.05, 0.1) is 13.0 Å². The van der Waals surface area contributed by atoms with E-state index in [1.54, 1.807) is 0 Å². The predicted molar refractivity (Wildman–Crippen MR) is 42.1 cm³/mol. The molecule has 0 aliphatic heterocycles.